The fourth-order valence-electron chi connectivity index (χ4n) is 4.95. The summed E-state index contributed by atoms with van der Waals surface area (Å²) in [6.45, 7) is 5.71. The van der Waals surface area contributed by atoms with Crippen LogP contribution in [-0.4, -0.2) is 56.1 Å². The first kappa shape index (κ1) is 19.2. The molecule has 0 aromatic heterocycles. The number of hydrogen-bond acceptors (Lipinski definition) is 4. The van der Waals surface area contributed by atoms with Crippen LogP contribution < -0.4 is 4.74 Å². The van der Waals surface area contributed by atoms with Crippen molar-refractivity contribution in [3.63, 3.8) is 0 Å². The van der Waals surface area contributed by atoms with Gasteiger partial charge in [0.05, 0.1) is 12.2 Å². The van der Waals surface area contributed by atoms with E-state index >= 15 is 0 Å². The molecule has 3 fully saturated rings. The third kappa shape index (κ3) is 5.01. The maximum Gasteiger partial charge on any atom is 0.123 e. The molecule has 3 heterocycles. The van der Waals surface area contributed by atoms with Gasteiger partial charge in [-0.15, -0.1) is 0 Å². The first-order valence-electron chi connectivity index (χ1n) is 10.6. The number of hydrogen-bond donors (Lipinski definition) is 0. The normalized spacial score (nSPS) is 26.9. The molecule has 0 aliphatic carbocycles. The van der Waals surface area contributed by atoms with Gasteiger partial charge in [-0.2, -0.15) is 0 Å². The van der Waals surface area contributed by atoms with Gasteiger partial charge in [0.2, 0.25) is 0 Å². The lowest BCUT2D eigenvalue weighted by atomic mass is 9.78. The monoisotopic (exact) mass is 377 g/mol. The summed E-state index contributed by atoms with van der Waals surface area (Å²) in [4.78, 5) is 2.67. The van der Waals surface area contributed by atoms with E-state index in [0.29, 0.717) is 18.6 Å². The molecule has 5 heteroatoms. The predicted molar refractivity (Wildman–Crippen MR) is 103 cm³/mol. The summed E-state index contributed by atoms with van der Waals surface area (Å²) in [5.74, 6) is 1.19. The van der Waals surface area contributed by atoms with Gasteiger partial charge in [-0.25, -0.2) is 4.39 Å². The molecule has 1 unspecified atom stereocenters. The Bertz CT molecular complexity index is 580. The summed E-state index contributed by atoms with van der Waals surface area (Å²) < 4.78 is 30.6. The minimum Gasteiger partial charge on any atom is -0.494 e. The summed E-state index contributed by atoms with van der Waals surface area (Å²) in [6.07, 6.45) is 7.99. The molecular formula is C22H32FNO3. The van der Waals surface area contributed by atoms with Crippen LogP contribution in [0.2, 0.25) is 0 Å². The summed E-state index contributed by atoms with van der Waals surface area (Å²) in [6, 6.07) is 7.01. The molecule has 1 spiro atoms. The highest BCUT2D eigenvalue weighted by atomic mass is 19.1. The summed E-state index contributed by atoms with van der Waals surface area (Å²) >= 11 is 0. The Kier molecular flexibility index (Phi) is 6.31. The highest BCUT2D eigenvalue weighted by molar-refractivity contribution is 5.21. The third-order valence-electron chi connectivity index (χ3n) is 6.62. The topological polar surface area (TPSA) is 30.9 Å². The van der Waals surface area contributed by atoms with Gasteiger partial charge in [0, 0.05) is 39.0 Å². The zero-order valence-electron chi connectivity index (χ0n) is 16.2. The Labute approximate surface area is 162 Å². The predicted octanol–water partition coefficient (Wildman–Crippen LogP) is 4.03. The van der Waals surface area contributed by atoms with E-state index in [9.17, 15) is 4.39 Å². The second-order valence-corrected chi connectivity index (χ2v) is 8.36. The zero-order chi connectivity index (χ0) is 18.5. The molecule has 3 aliphatic heterocycles. The molecule has 0 saturated carbocycles. The maximum atomic E-state index is 13.0. The van der Waals surface area contributed by atoms with Crippen molar-refractivity contribution in [2.45, 2.75) is 56.6 Å². The molecule has 1 aromatic rings. The average Bonchev–Trinajstić information content (AvgIpc) is 2.71. The molecule has 4 nitrogen and oxygen atoms in total. The second-order valence-electron chi connectivity index (χ2n) is 8.36. The fraction of sp³-hybridized carbons (Fsp3) is 0.727. The summed E-state index contributed by atoms with van der Waals surface area (Å²) in [5.41, 5.74) is 0.0838. The average molecular weight is 378 g/mol. The molecule has 27 heavy (non-hydrogen) atoms. The Morgan fingerprint density at radius 3 is 2.52 bits per heavy atom. The van der Waals surface area contributed by atoms with Crippen molar-refractivity contribution in [1.29, 1.82) is 0 Å². The number of piperidine rings is 1. The molecule has 0 amide bonds. The van der Waals surface area contributed by atoms with Gasteiger partial charge in [-0.05, 0) is 75.1 Å². The third-order valence-corrected chi connectivity index (χ3v) is 6.62. The smallest absolute Gasteiger partial charge is 0.123 e. The van der Waals surface area contributed by atoms with Gasteiger partial charge >= 0.3 is 0 Å². The number of ether oxygens (including phenoxy) is 3. The van der Waals surface area contributed by atoms with E-state index in [4.69, 9.17) is 14.2 Å². The molecule has 3 aliphatic rings. The van der Waals surface area contributed by atoms with Gasteiger partial charge < -0.3 is 14.2 Å². The molecule has 0 bridgehead atoms. The molecule has 1 aromatic carbocycles. The summed E-state index contributed by atoms with van der Waals surface area (Å²) in [5, 5.41) is 0. The Morgan fingerprint density at radius 2 is 1.78 bits per heavy atom. The second kappa shape index (κ2) is 8.89. The molecular weight excluding hydrogens is 345 g/mol. The summed E-state index contributed by atoms with van der Waals surface area (Å²) in [7, 11) is 0. The molecule has 4 rings (SSSR count). The molecule has 3 saturated heterocycles. The number of halogens is 1. The highest BCUT2D eigenvalue weighted by Crippen LogP contribution is 2.39. The van der Waals surface area contributed by atoms with Crippen molar-refractivity contribution >= 4 is 0 Å². The van der Waals surface area contributed by atoms with Crippen LogP contribution in [-0.2, 0) is 9.47 Å². The van der Waals surface area contributed by atoms with Crippen LogP contribution in [0.25, 0.3) is 0 Å². The van der Waals surface area contributed by atoms with Crippen molar-refractivity contribution in [2.24, 2.45) is 5.92 Å². The minimum atomic E-state index is -0.221. The highest BCUT2D eigenvalue weighted by Gasteiger charge is 2.41. The lowest BCUT2D eigenvalue weighted by molar-refractivity contribution is -0.135. The number of nitrogens with zero attached hydrogens (tertiary/aromatic N) is 1. The number of likely N-dealkylation sites (tertiary alicyclic amines) is 1. The first-order chi connectivity index (χ1) is 13.2. The van der Waals surface area contributed by atoms with Crippen molar-refractivity contribution in [3.05, 3.63) is 30.1 Å². The molecule has 1 atom stereocenters. The van der Waals surface area contributed by atoms with E-state index in [1.54, 1.807) is 12.1 Å². The molecule has 0 N–H and O–H groups in total. The van der Waals surface area contributed by atoms with Gasteiger partial charge in [0.15, 0.2) is 0 Å². The lowest BCUT2D eigenvalue weighted by Gasteiger charge is -2.48. The largest absolute Gasteiger partial charge is 0.494 e. The zero-order valence-corrected chi connectivity index (χ0v) is 16.2. The van der Waals surface area contributed by atoms with Crippen LogP contribution in [0.15, 0.2) is 24.3 Å². The fourth-order valence-corrected chi connectivity index (χ4v) is 4.95. The SMILES string of the molecule is Fc1ccc(OCCC2CCOC3(CCN(C4CCOCC4)CC3)C2)cc1. The van der Waals surface area contributed by atoms with E-state index < -0.39 is 0 Å². The van der Waals surface area contributed by atoms with E-state index in [2.05, 4.69) is 4.90 Å². The number of benzene rings is 1. The van der Waals surface area contributed by atoms with E-state index in [1.807, 2.05) is 0 Å². The van der Waals surface area contributed by atoms with Crippen molar-refractivity contribution in [2.75, 3.05) is 39.5 Å². The van der Waals surface area contributed by atoms with Crippen LogP contribution in [0.3, 0.4) is 0 Å². The number of rotatable bonds is 5. The Hall–Kier alpha value is -1.17. The van der Waals surface area contributed by atoms with Gasteiger partial charge in [-0.1, -0.05) is 0 Å². The van der Waals surface area contributed by atoms with Crippen molar-refractivity contribution in [1.82, 2.24) is 4.90 Å². The van der Waals surface area contributed by atoms with E-state index in [0.717, 1.165) is 70.8 Å². The van der Waals surface area contributed by atoms with Crippen LogP contribution in [0.5, 0.6) is 5.75 Å². The van der Waals surface area contributed by atoms with Crippen LogP contribution in [0.1, 0.15) is 44.9 Å². The van der Waals surface area contributed by atoms with Gasteiger partial charge in [-0.3, -0.25) is 4.90 Å². The Morgan fingerprint density at radius 1 is 1.04 bits per heavy atom. The van der Waals surface area contributed by atoms with E-state index in [-0.39, 0.29) is 11.4 Å². The molecule has 0 radical (unpaired) electrons. The van der Waals surface area contributed by atoms with Crippen molar-refractivity contribution < 1.29 is 18.6 Å². The van der Waals surface area contributed by atoms with Gasteiger partial charge in [0.25, 0.3) is 0 Å². The standard InChI is InChI=1S/C22H32FNO3/c23-19-1-3-21(4-2-19)26-15-5-18-6-16-27-22(17-18)9-11-24(12-10-22)20-7-13-25-14-8-20/h1-4,18,20H,5-17H2. The lowest BCUT2D eigenvalue weighted by Crippen LogP contribution is -2.52. The quantitative estimate of drug-likeness (QED) is 0.775. The van der Waals surface area contributed by atoms with Crippen LogP contribution in [0.4, 0.5) is 4.39 Å². The minimum absolute atomic E-state index is 0.0838. The Balaban J connectivity index is 1.22. The maximum absolute atomic E-state index is 13.0. The van der Waals surface area contributed by atoms with Crippen LogP contribution >= 0.6 is 0 Å². The van der Waals surface area contributed by atoms with Gasteiger partial charge in [0.1, 0.15) is 11.6 Å². The van der Waals surface area contributed by atoms with E-state index in [1.165, 1.54) is 25.0 Å². The molecule has 150 valence electrons. The van der Waals surface area contributed by atoms with Crippen LogP contribution in [0, 0.1) is 11.7 Å². The first-order valence-corrected chi connectivity index (χ1v) is 10.6. The van der Waals surface area contributed by atoms with Crippen molar-refractivity contribution in [3.8, 4) is 5.75 Å².